The largest absolute Gasteiger partial charge is 0.407 e. The van der Waals surface area contributed by atoms with Crippen molar-refractivity contribution < 1.29 is 14.1 Å². The van der Waals surface area contributed by atoms with Gasteiger partial charge in [0.2, 0.25) is 5.89 Å². The summed E-state index contributed by atoms with van der Waals surface area (Å²) in [4.78, 5) is 23.4. The van der Waals surface area contributed by atoms with Gasteiger partial charge in [-0.25, -0.2) is 0 Å². The summed E-state index contributed by atoms with van der Waals surface area (Å²) in [5.74, 6) is -0.0486. The fraction of sp³-hybridized carbons (Fsp3) is 0.190. The van der Waals surface area contributed by atoms with Crippen LogP contribution in [0.2, 0.25) is 0 Å². The molecule has 1 N–H and O–H groups in total. The molecule has 8 nitrogen and oxygen atoms in total. The van der Waals surface area contributed by atoms with Crippen molar-refractivity contribution in [3.8, 4) is 0 Å². The number of amides is 1. The number of hydrogen-bond donors (Lipinski definition) is 1. The summed E-state index contributed by atoms with van der Waals surface area (Å²) in [5, 5.41) is 21.5. The zero-order chi connectivity index (χ0) is 21.5. The number of nitro groups is 1. The lowest BCUT2D eigenvalue weighted by Crippen LogP contribution is -2.07. The summed E-state index contributed by atoms with van der Waals surface area (Å²) in [6, 6.07) is 14.0. The van der Waals surface area contributed by atoms with Crippen LogP contribution in [0.3, 0.4) is 0 Å². The predicted octanol–water partition coefficient (Wildman–Crippen LogP) is 4.72. The van der Waals surface area contributed by atoms with Gasteiger partial charge in [-0.2, -0.15) is 0 Å². The first kappa shape index (κ1) is 21.3. The zero-order valence-corrected chi connectivity index (χ0v) is 17.3. The van der Waals surface area contributed by atoms with E-state index in [0.717, 1.165) is 5.56 Å². The summed E-state index contributed by atoms with van der Waals surface area (Å²) < 4.78 is 5.48. The first-order chi connectivity index (χ1) is 14.4. The lowest BCUT2D eigenvalue weighted by atomic mass is 10.1. The van der Waals surface area contributed by atoms with Gasteiger partial charge in [-0.1, -0.05) is 31.1 Å². The van der Waals surface area contributed by atoms with Gasteiger partial charge in [-0.15, -0.1) is 16.9 Å². The minimum Gasteiger partial charge on any atom is -0.407 e. The third-order valence-corrected chi connectivity index (χ3v) is 4.89. The number of benzene rings is 2. The Morgan fingerprint density at radius 2 is 1.87 bits per heavy atom. The van der Waals surface area contributed by atoms with Gasteiger partial charge in [-0.3, -0.25) is 20.2 Å². The molecule has 0 fully saturated rings. The van der Waals surface area contributed by atoms with Crippen LogP contribution in [-0.2, 0) is 11.2 Å². The van der Waals surface area contributed by atoms with Gasteiger partial charge >= 0.3 is 6.01 Å². The monoisotopic (exact) mass is 424 g/mol. The molecule has 0 radical (unpaired) electrons. The van der Waals surface area contributed by atoms with Crippen molar-refractivity contribution in [2.45, 2.75) is 30.4 Å². The third-order valence-electron chi connectivity index (χ3n) is 3.88. The molecule has 9 heteroatoms. The van der Waals surface area contributed by atoms with E-state index in [2.05, 4.69) is 41.5 Å². The highest BCUT2D eigenvalue weighted by atomic mass is 32.2. The van der Waals surface area contributed by atoms with E-state index in [-0.39, 0.29) is 11.7 Å². The summed E-state index contributed by atoms with van der Waals surface area (Å²) in [6.07, 6.45) is 3.29. The van der Waals surface area contributed by atoms with Gasteiger partial charge in [0, 0.05) is 28.4 Å². The minimum absolute atomic E-state index is 0.00957. The van der Waals surface area contributed by atoms with Gasteiger partial charge in [-0.05, 0) is 41.5 Å². The Balaban J connectivity index is 1.54. The number of nitrogens with one attached hydrogen (secondary N) is 1. The number of aromatic nitrogens is 2. The van der Waals surface area contributed by atoms with Crippen molar-refractivity contribution in [1.82, 2.24) is 10.2 Å². The number of hydrogen-bond acceptors (Lipinski definition) is 7. The first-order valence-electron chi connectivity index (χ1n) is 9.20. The van der Waals surface area contributed by atoms with E-state index in [1.165, 1.54) is 29.2 Å². The topological polar surface area (TPSA) is 111 Å². The van der Waals surface area contributed by atoms with Gasteiger partial charge in [0.1, 0.15) is 0 Å². The molecule has 0 spiro atoms. The third kappa shape index (κ3) is 6.28. The molecule has 3 rings (SSSR count). The number of anilines is 1. The van der Waals surface area contributed by atoms with Crippen LogP contribution in [0.4, 0.5) is 11.7 Å². The Labute approximate surface area is 177 Å². The molecule has 1 amide bonds. The van der Waals surface area contributed by atoms with E-state index < -0.39 is 10.8 Å². The normalized spacial score (nSPS) is 11.2. The molecular weight excluding hydrogens is 404 g/mol. The van der Waals surface area contributed by atoms with Gasteiger partial charge in [0.25, 0.3) is 11.6 Å². The van der Waals surface area contributed by atoms with Gasteiger partial charge in [0.15, 0.2) is 0 Å². The Bertz CT molecular complexity index is 1040. The van der Waals surface area contributed by atoms with E-state index in [1.54, 1.807) is 23.9 Å². The van der Waals surface area contributed by atoms with Crippen LogP contribution >= 0.6 is 11.8 Å². The molecule has 1 aromatic heterocycles. The standard InChI is InChI=1S/C21H20N4O4S/c1-14(2)30-18-10-5-16(6-11-18)13-20-23-24-21(29-20)22-19(26)12-7-15-3-8-17(9-4-15)25(27)28/h3-12,14H,13H2,1-2H3,(H,22,24,26)/b12-7+. The number of thioether (sulfide) groups is 1. The maximum atomic E-state index is 12.0. The molecule has 0 saturated carbocycles. The maximum Gasteiger partial charge on any atom is 0.322 e. The second-order valence-corrected chi connectivity index (χ2v) is 8.31. The van der Waals surface area contributed by atoms with Crippen molar-refractivity contribution in [3.05, 3.63) is 81.7 Å². The van der Waals surface area contributed by atoms with E-state index in [9.17, 15) is 14.9 Å². The average molecular weight is 424 g/mol. The molecule has 154 valence electrons. The number of carbonyl (C=O) groups excluding carboxylic acids is 1. The number of rotatable bonds is 8. The van der Waals surface area contributed by atoms with Crippen molar-refractivity contribution in [2.75, 3.05) is 5.32 Å². The minimum atomic E-state index is -0.480. The van der Waals surface area contributed by atoms with Crippen LogP contribution in [0.15, 0.2) is 63.9 Å². The predicted molar refractivity (Wildman–Crippen MR) is 115 cm³/mol. The molecule has 30 heavy (non-hydrogen) atoms. The highest BCUT2D eigenvalue weighted by Crippen LogP contribution is 2.23. The molecule has 0 saturated heterocycles. The van der Waals surface area contributed by atoms with Crippen LogP contribution in [0.5, 0.6) is 0 Å². The quantitative estimate of drug-likeness (QED) is 0.241. The summed E-state index contributed by atoms with van der Waals surface area (Å²) >= 11 is 1.79. The van der Waals surface area contributed by atoms with Crippen LogP contribution < -0.4 is 5.32 Å². The second-order valence-electron chi connectivity index (χ2n) is 6.66. The number of nitrogens with zero attached hydrogens (tertiary/aromatic N) is 3. The van der Waals surface area contributed by atoms with E-state index in [1.807, 2.05) is 12.1 Å². The Kier molecular flexibility index (Phi) is 6.97. The Hall–Kier alpha value is -3.46. The fourth-order valence-electron chi connectivity index (χ4n) is 2.53. The van der Waals surface area contributed by atoms with Crippen LogP contribution in [0, 0.1) is 10.1 Å². The highest BCUT2D eigenvalue weighted by Gasteiger charge is 2.09. The lowest BCUT2D eigenvalue weighted by molar-refractivity contribution is -0.384. The van der Waals surface area contributed by atoms with Gasteiger partial charge < -0.3 is 4.42 Å². The Morgan fingerprint density at radius 3 is 2.50 bits per heavy atom. The molecule has 2 aromatic carbocycles. The maximum absolute atomic E-state index is 12.0. The van der Waals surface area contributed by atoms with E-state index in [4.69, 9.17) is 4.42 Å². The smallest absolute Gasteiger partial charge is 0.322 e. The Morgan fingerprint density at radius 1 is 1.17 bits per heavy atom. The molecule has 0 aliphatic carbocycles. The van der Waals surface area contributed by atoms with Crippen molar-refractivity contribution in [1.29, 1.82) is 0 Å². The summed E-state index contributed by atoms with van der Waals surface area (Å²) in [5.41, 5.74) is 1.67. The average Bonchev–Trinajstić information content (AvgIpc) is 3.14. The summed E-state index contributed by atoms with van der Waals surface area (Å²) in [6.45, 7) is 4.29. The van der Waals surface area contributed by atoms with Crippen LogP contribution in [0.1, 0.15) is 30.9 Å². The van der Waals surface area contributed by atoms with Crippen molar-refractivity contribution in [2.24, 2.45) is 0 Å². The molecule has 0 unspecified atom stereocenters. The van der Waals surface area contributed by atoms with Crippen LogP contribution in [0.25, 0.3) is 6.08 Å². The van der Waals surface area contributed by atoms with Gasteiger partial charge in [0.05, 0.1) is 11.3 Å². The van der Waals surface area contributed by atoms with Crippen molar-refractivity contribution in [3.63, 3.8) is 0 Å². The first-order valence-corrected chi connectivity index (χ1v) is 10.1. The van der Waals surface area contributed by atoms with E-state index >= 15 is 0 Å². The number of nitro benzene ring substituents is 1. The van der Waals surface area contributed by atoms with Crippen LogP contribution in [-0.4, -0.2) is 26.3 Å². The molecule has 0 aliphatic rings. The van der Waals surface area contributed by atoms with E-state index in [0.29, 0.717) is 23.1 Å². The molecule has 3 aromatic rings. The molecule has 0 bridgehead atoms. The number of carbonyl (C=O) groups is 1. The number of non-ortho nitro benzene ring substituents is 1. The molecule has 0 aliphatic heterocycles. The molecular formula is C21H20N4O4S. The second kappa shape index (κ2) is 9.84. The molecule has 1 heterocycles. The molecule has 0 atom stereocenters. The zero-order valence-electron chi connectivity index (χ0n) is 16.4. The SMILES string of the molecule is CC(C)Sc1ccc(Cc2nnc(NC(=O)/C=C/c3ccc([N+](=O)[O-])cc3)o2)cc1. The highest BCUT2D eigenvalue weighted by molar-refractivity contribution is 7.99. The lowest BCUT2D eigenvalue weighted by Gasteiger charge is -2.05. The summed E-state index contributed by atoms with van der Waals surface area (Å²) in [7, 11) is 0. The fourth-order valence-corrected chi connectivity index (χ4v) is 3.37. The van der Waals surface area contributed by atoms with Crippen molar-refractivity contribution >= 4 is 35.4 Å².